The number of fused-ring (bicyclic) bond motifs is 1. The van der Waals surface area contributed by atoms with Crippen LogP contribution in [0.2, 0.25) is 5.02 Å². The zero-order valence-corrected chi connectivity index (χ0v) is 11.6. The van der Waals surface area contributed by atoms with E-state index in [0.29, 0.717) is 17.2 Å². The fourth-order valence-corrected chi connectivity index (χ4v) is 2.36. The fraction of sp³-hybridized carbons (Fsp3) is 0.267. The lowest BCUT2D eigenvalue weighted by atomic mass is 9.98. The van der Waals surface area contributed by atoms with E-state index in [1.54, 1.807) is 14.0 Å². The fourth-order valence-electron chi connectivity index (χ4n) is 2.05. The Morgan fingerprint density at radius 3 is 2.74 bits per heavy atom. The van der Waals surface area contributed by atoms with Crippen molar-refractivity contribution in [1.82, 2.24) is 0 Å². The molecule has 0 aliphatic carbocycles. The van der Waals surface area contributed by atoms with E-state index in [1.165, 1.54) is 0 Å². The van der Waals surface area contributed by atoms with Gasteiger partial charge in [0.2, 0.25) is 0 Å². The molecule has 3 nitrogen and oxygen atoms in total. The van der Waals surface area contributed by atoms with Gasteiger partial charge in [-0.15, -0.1) is 0 Å². The lowest BCUT2D eigenvalue weighted by Crippen LogP contribution is -2.12. The van der Waals surface area contributed by atoms with E-state index in [9.17, 15) is 4.79 Å². The van der Waals surface area contributed by atoms with Crippen molar-refractivity contribution < 1.29 is 14.6 Å². The van der Waals surface area contributed by atoms with Crippen LogP contribution in [-0.4, -0.2) is 18.2 Å². The number of benzene rings is 2. The molecule has 0 aromatic heterocycles. The Balaban J connectivity index is 2.39. The van der Waals surface area contributed by atoms with Crippen molar-refractivity contribution in [3.63, 3.8) is 0 Å². The highest BCUT2D eigenvalue weighted by molar-refractivity contribution is 6.37. The van der Waals surface area contributed by atoms with Gasteiger partial charge in [-0.25, -0.2) is 0 Å². The maximum atomic E-state index is 10.9. The van der Waals surface area contributed by atoms with Crippen molar-refractivity contribution in [2.45, 2.75) is 13.3 Å². The van der Waals surface area contributed by atoms with Crippen molar-refractivity contribution in [3.8, 4) is 5.75 Å². The Bertz CT molecular complexity index is 622. The molecule has 0 saturated carbocycles. The number of hydrogen-bond acceptors (Lipinski definition) is 2. The van der Waals surface area contributed by atoms with E-state index >= 15 is 0 Å². The molecule has 0 saturated heterocycles. The van der Waals surface area contributed by atoms with Gasteiger partial charge < -0.3 is 9.84 Å². The van der Waals surface area contributed by atoms with Gasteiger partial charge in [-0.2, -0.15) is 0 Å². The SMILES string of the molecule is COc1ccc2cc(C[C@H](C)C(=O)O)ccc2c1Cl. The van der Waals surface area contributed by atoms with Crippen LogP contribution >= 0.6 is 11.6 Å². The summed E-state index contributed by atoms with van der Waals surface area (Å²) in [6, 6.07) is 9.53. The van der Waals surface area contributed by atoms with E-state index in [1.807, 2.05) is 30.3 Å². The molecule has 0 heterocycles. The zero-order chi connectivity index (χ0) is 14.0. The van der Waals surface area contributed by atoms with Crippen LogP contribution in [0.25, 0.3) is 10.8 Å². The summed E-state index contributed by atoms with van der Waals surface area (Å²) in [5, 5.41) is 11.4. The van der Waals surface area contributed by atoms with Crippen LogP contribution in [0, 0.1) is 5.92 Å². The van der Waals surface area contributed by atoms with Gasteiger partial charge in [0.25, 0.3) is 0 Å². The van der Waals surface area contributed by atoms with Crippen molar-refractivity contribution in [2.75, 3.05) is 7.11 Å². The average Bonchev–Trinajstić information content (AvgIpc) is 2.39. The molecule has 2 rings (SSSR count). The van der Waals surface area contributed by atoms with E-state index in [2.05, 4.69) is 0 Å². The molecule has 2 aromatic rings. The summed E-state index contributed by atoms with van der Waals surface area (Å²) in [5.74, 6) is -0.542. The van der Waals surface area contributed by atoms with Crippen LogP contribution in [-0.2, 0) is 11.2 Å². The minimum Gasteiger partial charge on any atom is -0.495 e. The molecule has 0 aliphatic heterocycles. The van der Waals surface area contributed by atoms with Gasteiger partial charge >= 0.3 is 5.97 Å². The van der Waals surface area contributed by atoms with Crippen molar-refractivity contribution in [1.29, 1.82) is 0 Å². The average molecular weight is 279 g/mol. The number of methoxy groups -OCH3 is 1. The van der Waals surface area contributed by atoms with E-state index in [-0.39, 0.29) is 0 Å². The number of carboxylic acids is 1. The first-order valence-corrected chi connectivity index (χ1v) is 6.38. The summed E-state index contributed by atoms with van der Waals surface area (Å²) >= 11 is 6.23. The molecule has 0 bridgehead atoms. The maximum Gasteiger partial charge on any atom is 0.306 e. The molecule has 4 heteroatoms. The topological polar surface area (TPSA) is 46.5 Å². The lowest BCUT2D eigenvalue weighted by molar-refractivity contribution is -0.141. The number of ether oxygens (including phenoxy) is 1. The molecule has 1 N–H and O–H groups in total. The molecule has 19 heavy (non-hydrogen) atoms. The highest BCUT2D eigenvalue weighted by atomic mass is 35.5. The van der Waals surface area contributed by atoms with E-state index in [0.717, 1.165) is 16.3 Å². The molecule has 1 atom stereocenters. The van der Waals surface area contributed by atoms with Gasteiger partial charge in [0.05, 0.1) is 18.1 Å². The van der Waals surface area contributed by atoms with E-state index < -0.39 is 11.9 Å². The molecule has 0 spiro atoms. The van der Waals surface area contributed by atoms with Crippen LogP contribution in [0.1, 0.15) is 12.5 Å². The number of rotatable bonds is 4. The quantitative estimate of drug-likeness (QED) is 0.926. The van der Waals surface area contributed by atoms with Gasteiger partial charge in [-0.3, -0.25) is 4.79 Å². The molecule has 0 unspecified atom stereocenters. The molecule has 100 valence electrons. The summed E-state index contributed by atoms with van der Waals surface area (Å²) in [6.45, 7) is 1.70. The monoisotopic (exact) mass is 278 g/mol. The first-order valence-electron chi connectivity index (χ1n) is 6.01. The third-order valence-electron chi connectivity index (χ3n) is 3.17. The second kappa shape index (κ2) is 5.49. The molecule has 0 radical (unpaired) electrons. The largest absolute Gasteiger partial charge is 0.495 e. The second-order valence-corrected chi connectivity index (χ2v) is 4.96. The van der Waals surface area contributed by atoms with Gasteiger partial charge in [0.1, 0.15) is 5.75 Å². The summed E-state index contributed by atoms with van der Waals surface area (Å²) in [4.78, 5) is 10.9. The van der Waals surface area contributed by atoms with Gasteiger partial charge in [0.15, 0.2) is 0 Å². The van der Waals surface area contributed by atoms with Crippen LogP contribution in [0.4, 0.5) is 0 Å². The van der Waals surface area contributed by atoms with Crippen LogP contribution in [0.5, 0.6) is 5.75 Å². The zero-order valence-electron chi connectivity index (χ0n) is 10.8. The van der Waals surface area contributed by atoms with Crippen molar-refractivity contribution in [2.24, 2.45) is 5.92 Å². The number of halogens is 1. The standard InChI is InChI=1S/C15H15ClO3/c1-9(15(17)18)7-10-3-5-12-11(8-10)4-6-13(19-2)14(12)16/h3-6,8-9H,7H2,1-2H3,(H,17,18)/t9-/m0/s1. The van der Waals surface area contributed by atoms with Gasteiger partial charge in [-0.1, -0.05) is 42.8 Å². The van der Waals surface area contributed by atoms with Crippen LogP contribution < -0.4 is 4.74 Å². The number of hydrogen-bond donors (Lipinski definition) is 1. The highest BCUT2D eigenvalue weighted by Crippen LogP contribution is 2.33. The lowest BCUT2D eigenvalue weighted by Gasteiger charge is -2.10. The van der Waals surface area contributed by atoms with Crippen molar-refractivity contribution >= 4 is 28.3 Å². The molecule has 2 aromatic carbocycles. The van der Waals surface area contributed by atoms with E-state index in [4.69, 9.17) is 21.4 Å². The summed E-state index contributed by atoms with van der Waals surface area (Å²) in [5.41, 5.74) is 0.989. The normalized spacial score (nSPS) is 12.4. The van der Waals surface area contributed by atoms with Crippen LogP contribution in [0.3, 0.4) is 0 Å². The first kappa shape index (κ1) is 13.7. The Hall–Kier alpha value is -1.74. The van der Waals surface area contributed by atoms with Gasteiger partial charge in [0, 0.05) is 5.39 Å². The highest BCUT2D eigenvalue weighted by Gasteiger charge is 2.12. The second-order valence-electron chi connectivity index (χ2n) is 4.58. The Morgan fingerprint density at radius 2 is 2.11 bits per heavy atom. The third kappa shape index (κ3) is 2.82. The predicted molar refractivity (Wildman–Crippen MR) is 76.0 cm³/mol. The summed E-state index contributed by atoms with van der Waals surface area (Å²) < 4.78 is 5.17. The first-order chi connectivity index (χ1) is 9.02. The minimum absolute atomic E-state index is 0.397. The smallest absolute Gasteiger partial charge is 0.306 e. The number of aliphatic carboxylic acids is 1. The summed E-state index contributed by atoms with van der Waals surface area (Å²) in [6.07, 6.45) is 0.509. The third-order valence-corrected chi connectivity index (χ3v) is 3.56. The Morgan fingerprint density at radius 1 is 1.37 bits per heavy atom. The van der Waals surface area contributed by atoms with Crippen molar-refractivity contribution in [3.05, 3.63) is 40.9 Å². The molecular weight excluding hydrogens is 264 g/mol. The molecule has 0 aliphatic rings. The maximum absolute atomic E-state index is 10.9. The molecule has 0 amide bonds. The Labute approximate surface area is 116 Å². The molecular formula is C15H15ClO3. The Kier molecular flexibility index (Phi) is 3.96. The minimum atomic E-state index is -0.784. The summed E-state index contributed by atoms with van der Waals surface area (Å²) in [7, 11) is 1.58. The number of carboxylic acid groups (broad SMARTS) is 1. The predicted octanol–water partition coefficient (Wildman–Crippen LogP) is 3.77. The van der Waals surface area contributed by atoms with Gasteiger partial charge in [-0.05, 0) is 23.4 Å². The molecule has 0 fully saturated rings. The van der Waals surface area contributed by atoms with Crippen LogP contribution in [0.15, 0.2) is 30.3 Å². The number of carbonyl (C=O) groups is 1.